The molecule has 0 saturated carbocycles. The van der Waals surface area contributed by atoms with Gasteiger partial charge in [-0.1, -0.05) is 18.2 Å². The van der Waals surface area contributed by atoms with Gasteiger partial charge in [-0.2, -0.15) is 10.2 Å². The fourth-order valence-electron chi connectivity index (χ4n) is 3.26. The zero-order valence-corrected chi connectivity index (χ0v) is 18.1. The summed E-state index contributed by atoms with van der Waals surface area (Å²) in [5.74, 6) is -0.0771. The first-order valence-corrected chi connectivity index (χ1v) is 10.1. The van der Waals surface area contributed by atoms with Gasteiger partial charge in [-0.05, 0) is 35.0 Å². The number of aryl methyl sites for hydroxylation is 2. The Labute approximate surface area is 177 Å². The van der Waals surface area contributed by atoms with E-state index in [9.17, 15) is 4.79 Å². The number of aromatic nitrogens is 5. The van der Waals surface area contributed by atoms with Crippen LogP contribution >= 0.6 is 15.9 Å². The number of nitrogens with zero attached hydrogens (tertiary/aromatic N) is 6. The summed E-state index contributed by atoms with van der Waals surface area (Å²) in [6.07, 6.45) is 5.57. The summed E-state index contributed by atoms with van der Waals surface area (Å²) in [5.41, 5.74) is 3.82. The molecule has 0 aliphatic heterocycles. The van der Waals surface area contributed by atoms with E-state index in [4.69, 9.17) is 4.98 Å². The summed E-state index contributed by atoms with van der Waals surface area (Å²) >= 11 is 3.54. The Morgan fingerprint density at radius 1 is 1.24 bits per heavy atom. The molecule has 1 aromatic carbocycles. The molecule has 1 amide bonds. The van der Waals surface area contributed by atoms with Crippen molar-refractivity contribution in [3.63, 3.8) is 0 Å². The van der Waals surface area contributed by atoms with Crippen molar-refractivity contribution in [1.29, 1.82) is 0 Å². The molecule has 0 atom stereocenters. The van der Waals surface area contributed by atoms with Crippen molar-refractivity contribution in [1.82, 2.24) is 29.4 Å². The molecule has 7 nitrogen and oxygen atoms in total. The Morgan fingerprint density at radius 2 is 2.03 bits per heavy atom. The quantitative estimate of drug-likeness (QED) is 0.460. The van der Waals surface area contributed by atoms with E-state index in [1.165, 1.54) is 0 Å². The third-order valence-electron chi connectivity index (χ3n) is 4.79. The van der Waals surface area contributed by atoms with Crippen LogP contribution in [0.5, 0.6) is 0 Å². The van der Waals surface area contributed by atoms with Crippen LogP contribution in [0.4, 0.5) is 0 Å². The van der Waals surface area contributed by atoms with Crippen molar-refractivity contribution in [2.75, 3.05) is 7.05 Å². The maximum atomic E-state index is 13.4. The molecule has 0 aliphatic rings. The second-order valence-corrected chi connectivity index (χ2v) is 7.77. The minimum absolute atomic E-state index is 0.0771. The van der Waals surface area contributed by atoms with Crippen LogP contribution in [0.25, 0.3) is 22.2 Å². The van der Waals surface area contributed by atoms with Gasteiger partial charge in [0.05, 0.1) is 39.7 Å². The minimum Gasteiger partial charge on any atom is -0.336 e. The Kier molecular flexibility index (Phi) is 5.19. The van der Waals surface area contributed by atoms with E-state index in [1.54, 1.807) is 22.8 Å². The van der Waals surface area contributed by atoms with Crippen molar-refractivity contribution < 1.29 is 4.79 Å². The Balaban J connectivity index is 1.73. The molecule has 3 heterocycles. The Bertz CT molecular complexity index is 1200. The second kappa shape index (κ2) is 7.79. The highest BCUT2D eigenvalue weighted by atomic mass is 79.9. The molecule has 0 N–H and O–H groups in total. The first-order valence-electron chi connectivity index (χ1n) is 9.32. The molecule has 4 rings (SSSR count). The molecule has 29 heavy (non-hydrogen) atoms. The van der Waals surface area contributed by atoms with E-state index < -0.39 is 0 Å². The first kappa shape index (κ1) is 19.3. The summed E-state index contributed by atoms with van der Waals surface area (Å²) in [5, 5.41) is 9.58. The third-order valence-corrected chi connectivity index (χ3v) is 5.45. The molecule has 0 radical (unpaired) electrons. The number of para-hydroxylation sites is 1. The van der Waals surface area contributed by atoms with Gasteiger partial charge in [0.15, 0.2) is 0 Å². The number of hydrogen-bond acceptors (Lipinski definition) is 4. The van der Waals surface area contributed by atoms with Gasteiger partial charge in [0.2, 0.25) is 0 Å². The molecular formula is C21H21BrN6O. The predicted molar refractivity (Wildman–Crippen MR) is 115 cm³/mol. The van der Waals surface area contributed by atoms with Gasteiger partial charge in [0.25, 0.3) is 5.91 Å². The number of benzene rings is 1. The van der Waals surface area contributed by atoms with Crippen LogP contribution < -0.4 is 0 Å². The topological polar surface area (TPSA) is 68.8 Å². The van der Waals surface area contributed by atoms with E-state index in [0.29, 0.717) is 12.1 Å². The van der Waals surface area contributed by atoms with Crippen LogP contribution in [-0.2, 0) is 20.1 Å². The van der Waals surface area contributed by atoms with Gasteiger partial charge in [-0.15, -0.1) is 0 Å². The largest absolute Gasteiger partial charge is 0.336 e. The molecule has 0 bridgehead atoms. The number of amides is 1. The average Bonchev–Trinajstić information content (AvgIpc) is 3.32. The highest BCUT2D eigenvalue weighted by Gasteiger charge is 2.20. The van der Waals surface area contributed by atoms with Crippen LogP contribution in [0.2, 0.25) is 0 Å². The maximum absolute atomic E-state index is 13.4. The lowest BCUT2D eigenvalue weighted by molar-refractivity contribution is 0.0785. The van der Waals surface area contributed by atoms with Crippen molar-refractivity contribution in [2.24, 2.45) is 7.05 Å². The van der Waals surface area contributed by atoms with E-state index >= 15 is 0 Å². The van der Waals surface area contributed by atoms with Gasteiger partial charge in [0.1, 0.15) is 0 Å². The predicted octanol–water partition coefficient (Wildman–Crippen LogP) is 3.89. The number of pyridine rings is 1. The van der Waals surface area contributed by atoms with Crippen LogP contribution in [0.1, 0.15) is 23.0 Å². The van der Waals surface area contributed by atoms with Gasteiger partial charge in [-0.3, -0.25) is 14.2 Å². The standard InChI is InChI=1S/C21H21BrN6O/c1-4-28-12-17(22)20(25-28)13-26(2)21(29)16-9-19(14-10-23-27(3)11-14)24-18-8-6-5-7-15(16)18/h5-12H,4,13H2,1-3H3. The highest BCUT2D eigenvalue weighted by molar-refractivity contribution is 9.10. The molecule has 0 aliphatic carbocycles. The lowest BCUT2D eigenvalue weighted by Gasteiger charge is -2.18. The van der Waals surface area contributed by atoms with Crippen molar-refractivity contribution in [2.45, 2.75) is 20.0 Å². The zero-order chi connectivity index (χ0) is 20.5. The summed E-state index contributed by atoms with van der Waals surface area (Å²) in [4.78, 5) is 19.8. The molecule has 0 unspecified atom stereocenters. The molecule has 8 heteroatoms. The first-order chi connectivity index (χ1) is 14.0. The van der Waals surface area contributed by atoms with E-state index in [-0.39, 0.29) is 5.91 Å². The molecule has 0 saturated heterocycles. The summed E-state index contributed by atoms with van der Waals surface area (Å²) in [7, 11) is 3.65. The van der Waals surface area contributed by atoms with Crippen LogP contribution in [-0.4, -0.2) is 42.4 Å². The molecule has 148 valence electrons. The zero-order valence-electron chi connectivity index (χ0n) is 16.5. The number of carbonyl (C=O) groups is 1. The van der Waals surface area contributed by atoms with Gasteiger partial charge >= 0.3 is 0 Å². The third kappa shape index (κ3) is 3.80. The molecule has 4 aromatic rings. The van der Waals surface area contributed by atoms with E-state index in [1.807, 2.05) is 61.4 Å². The SMILES string of the molecule is CCn1cc(Br)c(CN(C)C(=O)c2cc(-c3cnn(C)c3)nc3ccccc23)n1. The number of halogens is 1. The van der Waals surface area contributed by atoms with Crippen LogP contribution in [0, 0.1) is 0 Å². The van der Waals surface area contributed by atoms with Gasteiger partial charge < -0.3 is 4.90 Å². The fraction of sp³-hybridized carbons (Fsp3) is 0.238. The number of rotatable bonds is 5. The maximum Gasteiger partial charge on any atom is 0.254 e. The summed E-state index contributed by atoms with van der Waals surface area (Å²) < 4.78 is 4.47. The highest BCUT2D eigenvalue weighted by Crippen LogP contribution is 2.26. The molecular weight excluding hydrogens is 432 g/mol. The van der Waals surface area contributed by atoms with E-state index in [0.717, 1.165) is 38.9 Å². The molecule has 0 fully saturated rings. The average molecular weight is 453 g/mol. The molecule has 0 spiro atoms. The van der Waals surface area contributed by atoms with E-state index in [2.05, 4.69) is 26.1 Å². The fourth-order valence-corrected chi connectivity index (χ4v) is 3.70. The summed E-state index contributed by atoms with van der Waals surface area (Å²) in [6, 6.07) is 9.54. The second-order valence-electron chi connectivity index (χ2n) is 6.92. The number of hydrogen-bond donors (Lipinski definition) is 0. The van der Waals surface area contributed by atoms with Crippen molar-refractivity contribution in [3.8, 4) is 11.3 Å². The van der Waals surface area contributed by atoms with Gasteiger partial charge in [0, 0.05) is 44.0 Å². The van der Waals surface area contributed by atoms with Crippen LogP contribution in [0.3, 0.4) is 0 Å². The smallest absolute Gasteiger partial charge is 0.254 e. The molecule has 3 aromatic heterocycles. The van der Waals surface area contributed by atoms with Gasteiger partial charge in [-0.25, -0.2) is 4.98 Å². The normalized spacial score (nSPS) is 11.2. The van der Waals surface area contributed by atoms with Crippen molar-refractivity contribution in [3.05, 3.63) is 64.7 Å². The lowest BCUT2D eigenvalue weighted by atomic mass is 10.0. The number of fused-ring (bicyclic) bond motifs is 1. The minimum atomic E-state index is -0.0771. The Morgan fingerprint density at radius 3 is 2.72 bits per heavy atom. The summed E-state index contributed by atoms with van der Waals surface area (Å²) in [6.45, 7) is 3.21. The Hall–Kier alpha value is -3.00. The van der Waals surface area contributed by atoms with Crippen LogP contribution in [0.15, 0.2) is 53.4 Å². The number of carbonyl (C=O) groups excluding carboxylic acids is 1. The monoisotopic (exact) mass is 452 g/mol. The lowest BCUT2D eigenvalue weighted by Crippen LogP contribution is -2.27. The van der Waals surface area contributed by atoms with Crippen molar-refractivity contribution >= 4 is 32.7 Å².